The van der Waals surface area contributed by atoms with Gasteiger partial charge in [0.25, 0.3) is 0 Å². The van der Waals surface area contributed by atoms with Crippen LogP contribution in [0.1, 0.15) is 26.7 Å². The number of fused-ring (bicyclic) bond motifs is 2. The molecule has 2 heterocycles. The molecule has 17 heteroatoms. The summed E-state index contributed by atoms with van der Waals surface area (Å²) in [5.41, 5.74) is 0. The summed E-state index contributed by atoms with van der Waals surface area (Å²) in [6, 6.07) is -2.10. The van der Waals surface area contributed by atoms with E-state index in [0.717, 1.165) is 6.42 Å². The quantitative estimate of drug-likeness (QED) is 0.134. The fourth-order valence-corrected chi connectivity index (χ4v) is 4.91. The number of hydrogen-bond donors (Lipinski definition) is 6. The van der Waals surface area contributed by atoms with Gasteiger partial charge in [-0.05, 0) is 30.6 Å². The van der Waals surface area contributed by atoms with Crippen LogP contribution in [0.3, 0.4) is 0 Å². The van der Waals surface area contributed by atoms with E-state index in [2.05, 4.69) is 33.7 Å². The van der Waals surface area contributed by atoms with Crippen LogP contribution in [0.15, 0.2) is 9.98 Å². The average molecular weight is 528 g/mol. The summed E-state index contributed by atoms with van der Waals surface area (Å²) < 4.78 is 15.0. The van der Waals surface area contributed by atoms with Gasteiger partial charge in [0.05, 0.1) is 24.8 Å². The molecule has 1 saturated heterocycles. The van der Waals surface area contributed by atoms with Gasteiger partial charge in [0.1, 0.15) is 18.4 Å². The van der Waals surface area contributed by atoms with Gasteiger partial charge < -0.3 is 46.1 Å². The Morgan fingerprint density at radius 3 is 2.32 bits per heavy atom. The summed E-state index contributed by atoms with van der Waals surface area (Å²) in [6.45, 7) is 3.07. The van der Waals surface area contributed by atoms with E-state index in [4.69, 9.17) is 9.79 Å². The molecule has 34 heavy (non-hydrogen) atoms. The average Bonchev–Trinajstić information content (AvgIpc) is 2.67. The van der Waals surface area contributed by atoms with Crippen LogP contribution in [-0.2, 0) is 9.09 Å². The van der Waals surface area contributed by atoms with E-state index in [1.165, 1.54) is 0 Å². The Hall–Kier alpha value is 0.810. The maximum absolute atomic E-state index is 12.3. The number of nitrogens with zero attached hydrogens (tertiary/aromatic N) is 3. The van der Waals surface area contributed by atoms with Crippen LogP contribution in [0.4, 0.5) is 0 Å². The van der Waals surface area contributed by atoms with Gasteiger partial charge in [0.2, 0.25) is 0 Å². The number of β-amino-alcohol motifs (C(OH)–C–C–N with tert-alkyl or cyclic N) is 1. The molecule has 186 valence electrons. The van der Waals surface area contributed by atoms with Crippen molar-refractivity contribution in [2.45, 2.75) is 69.3 Å². The Morgan fingerprint density at radius 2 is 1.74 bits per heavy atom. The smallest absolute Gasteiger partial charge is 0.860 e. The standard InChI is InChI=1S/C17H31N4O9P.2Na.H2O/c1-7-3-9-10(4-8(7)2)21(15-13(18-9)16(25)20-17(26)19-15)5-11(22)14(24)12(23)6-30-31(27,28)29;;;/h7-15,18,22-24H,3-6H2,1-2H3,(H2,27,28,29)(H2,19,20,25,26);;;1H2/q;2*+1;/p-2/t7?,8?,9?,10?,11-,12+,13?,14-,15?;;;/m1.../s1. The number of phosphoric ester groups is 1. The van der Waals surface area contributed by atoms with E-state index in [9.17, 15) is 30.1 Å². The maximum atomic E-state index is 12.3. The molecule has 9 atom stereocenters. The number of rotatable bonds is 7. The van der Waals surface area contributed by atoms with Crippen LogP contribution in [0.2, 0.25) is 0 Å². The minimum Gasteiger partial charge on any atom is -0.860 e. The Morgan fingerprint density at radius 1 is 1.15 bits per heavy atom. The van der Waals surface area contributed by atoms with Gasteiger partial charge in [-0.2, -0.15) is 0 Å². The molecule has 1 saturated carbocycles. The van der Waals surface area contributed by atoms with E-state index < -0.39 is 56.9 Å². The van der Waals surface area contributed by atoms with Crippen molar-refractivity contribution in [2.75, 3.05) is 13.2 Å². The third kappa shape index (κ3) is 8.42. The number of hydrogen-bond acceptors (Lipinski definition) is 11. The van der Waals surface area contributed by atoms with Crippen LogP contribution in [-0.4, -0.2) is 103 Å². The summed E-state index contributed by atoms with van der Waals surface area (Å²) in [6.07, 6.45) is -4.61. The van der Waals surface area contributed by atoms with Crippen molar-refractivity contribution in [1.29, 1.82) is 0 Å². The van der Waals surface area contributed by atoms with Crippen LogP contribution >= 0.6 is 7.82 Å². The number of nitrogens with one attached hydrogen (secondary N) is 1. The Bertz CT molecular complexity index is 775. The molecule has 0 spiro atoms. The molecule has 3 aliphatic rings. The minimum absolute atomic E-state index is 0. The largest absolute Gasteiger partial charge is 1.00 e. The first kappa shape index (κ1) is 34.8. The summed E-state index contributed by atoms with van der Waals surface area (Å²) in [4.78, 5) is 26.5. The number of aliphatic imine (C=N–C) groups is 2. The third-order valence-electron chi connectivity index (χ3n) is 6.45. The van der Waals surface area contributed by atoms with Gasteiger partial charge in [-0.15, -0.1) is 0 Å². The van der Waals surface area contributed by atoms with E-state index >= 15 is 0 Å². The Labute approximate surface area is 241 Å². The van der Waals surface area contributed by atoms with Gasteiger partial charge in [-0.1, -0.05) is 13.8 Å². The second-order valence-electron chi connectivity index (χ2n) is 8.63. The summed E-state index contributed by atoms with van der Waals surface area (Å²) in [5.74, 6) is 0.0550. The summed E-state index contributed by atoms with van der Waals surface area (Å²) >= 11 is 0. The summed E-state index contributed by atoms with van der Waals surface area (Å²) in [7, 11) is -4.86. The maximum Gasteiger partial charge on any atom is 1.00 e. The second-order valence-corrected chi connectivity index (χ2v) is 9.87. The molecular weight excluding hydrogens is 497 g/mol. The molecule has 14 nitrogen and oxygen atoms in total. The molecule has 1 aliphatic carbocycles. The molecule has 0 aromatic rings. The third-order valence-corrected chi connectivity index (χ3v) is 6.93. The number of amidine groups is 1. The van der Waals surface area contributed by atoms with Crippen molar-refractivity contribution in [1.82, 2.24) is 10.2 Å². The molecular formula is C17H31N4Na2O10P. The van der Waals surface area contributed by atoms with Crippen molar-refractivity contribution in [2.24, 2.45) is 21.8 Å². The first-order valence-electron chi connectivity index (χ1n) is 10.1. The zero-order valence-corrected chi connectivity index (χ0v) is 24.6. The van der Waals surface area contributed by atoms with E-state index in [0.29, 0.717) is 18.3 Å². The van der Waals surface area contributed by atoms with Gasteiger partial charge >= 0.3 is 66.9 Å². The topological polar surface area (TPSA) is 245 Å². The molecule has 3 rings (SSSR count). The summed E-state index contributed by atoms with van der Waals surface area (Å²) in [5, 5.41) is 58.1. The zero-order chi connectivity index (χ0) is 23.1. The number of phosphoric acid groups is 1. The van der Waals surface area contributed by atoms with Crippen molar-refractivity contribution >= 4 is 19.7 Å². The van der Waals surface area contributed by atoms with Crippen LogP contribution in [0, 0.1) is 11.8 Å². The Balaban J connectivity index is 0.00000363. The van der Waals surface area contributed by atoms with Crippen LogP contribution in [0.5, 0.6) is 0 Å². The Kier molecular flexibility index (Phi) is 14.4. The fraction of sp³-hybridized carbons (Fsp3) is 0.882. The van der Waals surface area contributed by atoms with Gasteiger partial charge in [-0.25, -0.2) is 4.57 Å². The molecule has 6 unspecified atom stereocenters. The SMILES string of the molecule is CC1CC2NC3C([O-])=NC([O-])=NC3N(C[C@@H](O)[C@@H](O)[C@@H](O)COP(=O)(O)O)C2CC1C.O.[Na+].[Na+]. The van der Waals surface area contributed by atoms with Gasteiger partial charge in [-0.3, -0.25) is 19.4 Å². The van der Waals surface area contributed by atoms with Crippen molar-refractivity contribution in [3.63, 3.8) is 0 Å². The second kappa shape index (κ2) is 14.1. The molecule has 0 bridgehead atoms. The molecule has 0 radical (unpaired) electrons. The molecule has 2 aliphatic heterocycles. The number of aliphatic hydroxyl groups excluding tert-OH is 3. The minimum atomic E-state index is -4.86. The molecule has 0 aromatic carbocycles. The first-order chi connectivity index (χ1) is 14.4. The van der Waals surface area contributed by atoms with Crippen molar-refractivity contribution in [3.8, 4) is 0 Å². The fourth-order valence-electron chi connectivity index (χ4n) is 4.57. The van der Waals surface area contributed by atoms with Gasteiger partial charge in [0, 0.05) is 18.6 Å². The predicted octanol–water partition coefficient (Wildman–Crippen LogP) is -10.7. The first-order valence-corrected chi connectivity index (χ1v) is 11.7. The van der Waals surface area contributed by atoms with Crippen LogP contribution in [0.25, 0.3) is 0 Å². The normalized spacial score (nSPS) is 33.9. The molecule has 0 amide bonds. The molecule has 2 fully saturated rings. The van der Waals surface area contributed by atoms with Crippen LogP contribution < -0.4 is 74.6 Å². The van der Waals surface area contributed by atoms with E-state index in [-0.39, 0.29) is 83.2 Å². The van der Waals surface area contributed by atoms with E-state index in [1.807, 2.05) is 0 Å². The number of piperazine rings is 1. The molecule has 8 N–H and O–H groups in total. The zero-order valence-electron chi connectivity index (χ0n) is 19.7. The monoisotopic (exact) mass is 528 g/mol. The van der Waals surface area contributed by atoms with E-state index in [1.54, 1.807) is 4.90 Å². The predicted molar refractivity (Wildman–Crippen MR) is 107 cm³/mol. The van der Waals surface area contributed by atoms with Crippen molar-refractivity contribution in [3.05, 3.63) is 0 Å². The van der Waals surface area contributed by atoms with Crippen molar-refractivity contribution < 1.29 is 109 Å². The van der Waals surface area contributed by atoms with Gasteiger partial charge in [0.15, 0.2) is 0 Å². The molecule has 0 aromatic heterocycles. The number of aliphatic hydroxyl groups is 3.